The summed E-state index contributed by atoms with van der Waals surface area (Å²) in [6, 6.07) is 6.47. The molecule has 1 aromatic heterocycles. The molecule has 100 valence electrons. The Balaban J connectivity index is 2.16. The fourth-order valence-electron chi connectivity index (χ4n) is 2.13. The van der Waals surface area contributed by atoms with Crippen LogP contribution in [0.15, 0.2) is 30.5 Å². The summed E-state index contributed by atoms with van der Waals surface area (Å²) >= 11 is 5.74. The number of pyridine rings is 1. The van der Waals surface area contributed by atoms with Gasteiger partial charge in [0, 0.05) is 11.8 Å². The maximum atomic E-state index is 13.9. The highest BCUT2D eigenvalue weighted by atomic mass is 35.5. The Morgan fingerprint density at radius 3 is 2.95 bits per heavy atom. The Hall–Kier alpha value is -2.20. The number of rotatable bonds is 1. The molecule has 1 aliphatic rings. The molecule has 1 aliphatic heterocycles. The van der Waals surface area contributed by atoms with Crippen molar-refractivity contribution in [1.82, 2.24) is 4.98 Å². The smallest absolute Gasteiger partial charge is 0.258 e. The van der Waals surface area contributed by atoms with Crippen LogP contribution in [0.2, 0.25) is 5.02 Å². The van der Waals surface area contributed by atoms with Gasteiger partial charge >= 0.3 is 0 Å². The Bertz CT molecular complexity index is 756. The van der Waals surface area contributed by atoms with E-state index in [1.165, 1.54) is 12.1 Å². The van der Waals surface area contributed by atoms with E-state index >= 15 is 0 Å². The summed E-state index contributed by atoms with van der Waals surface area (Å²) in [6.45, 7) is 1.88. The van der Waals surface area contributed by atoms with E-state index in [1.807, 2.05) is 13.0 Å². The van der Waals surface area contributed by atoms with Crippen LogP contribution in [0.5, 0.6) is 0 Å². The van der Waals surface area contributed by atoms with Crippen molar-refractivity contribution in [3.63, 3.8) is 0 Å². The predicted octanol–water partition coefficient (Wildman–Crippen LogP) is 3.68. The summed E-state index contributed by atoms with van der Waals surface area (Å²) in [5.74, 6) is -0.836. The van der Waals surface area contributed by atoms with Crippen LogP contribution in [-0.4, -0.2) is 10.9 Å². The van der Waals surface area contributed by atoms with Crippen molar-refractivity contribution in [1.29, 1.82) is 0 Å². The number of halogens is 2. The van der Waals surface area contributed by atoms with E-state index in [1.54, 1.807) is 18.3 Å². The SMILES string of the molecule is Cc1ccnc2c1NC(=O)C2=Cc1cccc(Cl)c1F. The number of nitrogens with zero attached hydrogens (tertiary/aromatic N) is 1. The van der Waals surface area contributed by atoms with E-state index in [0.717, 1.165) is 5.56 Å². The third-order valence-corrected chi connectivity index (χ3v) is 3.47. The normalized spacial score (nSPS) is 15.3. The van der Waals surface area contributed by atoms with Gasteiger partial charge in [-0.25, -0.2) is 4.39 Å². The van der Waals surface area contributed by atoms with Crippen molar-refractivity contribution in [2.24, 2.45) is 0 Å². The van der Waals surface area contributed by atoms with Crippen LogP contribution in [0.1, 0.15) is 16.8 Å². The molecule has 0 unspecified atom stereocenters. The second kappa shape index (κ2) is 4.72. The first-order valence-corrected chi connectivity index (χ1v) is 6.39. The number of carbonyl (C=O) groups is 1. The van der Waals surface area contributed by atoms with Crippen LogP contribution in [0, 0.1) is 12.7 Å². The number of amides is 1. The topological polar surface area (TPSA) is 42.0 Å². The zero-order valence-electron chi connectivity index (χ0n) is 10.6. The van der Waals surface area contributed by atoms with Crippen LogP contribution in [0.3, 0.4) is 0 Å². The molecule has 0 aliphatic carbocycles. The van der Waals surface area contributed by atoms with Crippen LogP contribution >= 0.6 is 11.6 Å². The lowest BCUT2D eigenvalue weighted by molar-refractivity contribution is -0.110. The molecule has 3 nitrogen and oxygen atoms in total. The van der Waals surface area contributed by atoms with Gasteiger partial charge < -0.3 is 5.32 Å². The van der Waals surface area contributed by atoms with Gasteiger partial charge in [-0.1, -0.05) is 23.7 Å². The molecular weight excluding hydrogens is 279 g/mol. The number of aromatic nitrogens is 1. The molecule has 0 atom stereocenters. The lowest BCUT2D eigenvalue weighted by atomic mass is 10.1. The molecule has 2 heterocycles. The summed E-state index contributed by atoms with van der Waals surface area (Å²) in [5, 5.41) is 2.77. The van der Waals surface area contributed by atoms with Gasteiger partial charge in [-0.15, -0.1) is 0 Å². The number of hydrogen-bond donors (Lipinski definition) is 1. The number of aryl methyl sites for hydroxylation is 1. The lowest BCUT2D eigenvalue weighted by Gasteiger charge is -2.01. The molecule has 0 saturated heterocycles. The van der Waals surface area contributed by atoms with Gasteiger partial charge in [-0.3, -0.25) is 9.78 Å². The van der Waals surface area contributed by atoms with Gasteiger partial charge in [-0.2, -0.15) is 0 Å². The van der Waals surface area contributed by atoms with E-state index in [2.05, 4.69) is 10.3 Å². The fourth-order valence-corrected chi connectivity index (χ4v) is 2.31. The molecule has 20 heavy (non-hydrogen) atoms. The van der Waals surface area contributed by atoms with Gasteiger partial charge in [0.05, 0.1) is 22.0 Å². The number of benzene rings is 1. The fraction of sp³-hybridized carbons (Fsp3) is 0.0667. The van der Waals surface area contributed by atoms with Crippen LogP contribution in [0.25, 0.3) is 11.6 Å². The molecular formula is C15H10ClFN2O. The molecule has 0 radical (unpaired) electrons. The van der Waals surface area contributed by atoms with Gasteiger partial charge in [-0.05, 0) is 30.7 Å². The van der Waals surface area contributed by atoms with Crippen LogP contribution in [-0.2, 0) is 4.79 Å². The summed E-state index contributed by atoms with van der Waals surface area (Å²) in [7, 11) is 0. The van der Waals surface area contributed by atoms with Gasteiger partial charge in [0.25, 0.3) is 5.91 Å². The maximum absolute atomic E-state index is 13.9. The Morgan fingerprint density at radius 2 is 2.15 bits per heavy atom. The summed E-state index contributed by atoms with van der Waals surface area (Å²) < 4.78 is 13.9. The largest absolute Gasteiger partial charge is 0.320 e. The number of fused-ring (bicyclic) bond motifs is 1. The standard InChI is InChI=1S/C15H10ClFN2O/c1-8-5-6-18-14-10(15(20)19-13(8)14)7-9-3-2-4-11(16)12(9)17/h2-7H,1H3,(H,19,20). The molecule has 0 spiro atoms. The predicted molar refractivity (Wildman–Crippen MR) is 76.9 cm³/mol. The van der Waals surface area contributed by atoms with Crippen molar-refractivity contribution in [2.45, 2.75) is 6.92 Å². The minimum atomic E-state index is -0.546. The molecule has 0 saturated carbocycles. The Morgan fingerprint density at radius 1 is 1.35 bits per heavy atom. The monoisotopic (exact) mass is 288 g/mol. The second-order valence-corrected chi connectivity index (χ2v) is 4.91. The highest BCUT2D eigenvalue weighted by Gasteiger charge is 2.27. The second-order valence-electron chi connectivity index (χ2n) is 4.51. The molecule has 0 fully saturated rings. The van der Waals surface area contributed by atoms with Crippen molar-refractivity contribution < 1.29 is 9.18 Å². The van der Waals surface area contributed by atoms with Crippen molar-refractivity contribution in [3.05, 3.63) is 58.1 Å². The quantitative estimate of drug-likeness (QED) is 0.814. The third-order valence-electron chi connectivity index (χ3n) is 3.18. The summed E-state index contributed by atoms with van der Waals surface area (Å²) in [4.78, 5) is 16.2. The molecule has 5 heteroatoms. The van der Waals surface area contributed by atoms with Crippen LogP contribution in [0.4, 0.5) is 10.1 Å². The number of anilines is 1. The molecule has 1 amide bonds. The number of carbonyl (C=O) groups excluding carboxylic acids is 1. The van der Waals surface area contributed by atoms with Crippen LogP contribution < -0.4 is 5.32 Å². The molecule has 0 bridgehead atoms. The van der Waals surface area contributed by atoms with Gasteiger partial charge in [0.2, 0.25) is 0 Å². The van der Waals surface area contributed by atoms with Crippen molar-refractivity contribution in [3.8, 4) is 0 Å². The van der Waals surface area contributed by atoms with E-state index in [-0.39, 0.29) is 16.5 Å². The lowest BCUT2D eigenvalue weighted by Crippen LogP contribution is -2.04. The molecule has 3 rings (SSSR count). The molecule has 2 aromatic rings. The first-order valence-electron chi connectivity index (χ1n) is 6.01. The summed E-state index contributed by atoms with van der Waals surface area (Å²) in [5.41, 5.74) is 2.72. The van der Waals surface area contributed by atoms with Gasteiger partial charge in [0.15, 0.2) is 0 Å². The zero-order valence-corrected chi connectivity index (χ0v) is 11.3. The minimum absolute atomic E-state index is 0.0233. The van der Waals surface area contributed by atoms with Crippen molar-refractivity contribution in [2.75, 3.05) is 5.32 Å². The minimum Gasteiger partial charge on any atom is -0.320 e. The number of hydrogen-bond acceptors (Lipinski definition) is 2. The molecule has 1 aromatic carbocycles. The highest BCUT2D eigenvalue weighted by molar-refractivity contribution is 6.35. The van der Waals surface area contributed by atoms with E-state index in [0.29, 0.717) is 17.0 Å². The number of nitrogens with one attached hydrogen (secondary N) is 1. The van der Waals surface area contributed by atoms with Gasteiger partial charge in [0.1, 0.15) is 5.82 Å². The Kier molecular flexibility index (Phi) is 3.03. The van der Waals surface area contributed by atoms with Crippen molar-refractivity contribution >= 4 is 34.8 Å². The Labute approximate surface area is 120 Å². The van der Waals surface area contributed by atoms with E-state index < -0.39 is 5.82 Å². The first kappa shape index (κ1) is 12.8. The zero-order chi connectivity index (χ0) is 14.3. The third kappa shape index (κ3) is 1.98. The molecule has 1 N–H and O–H groups in total. The first-order chi connectivity index (χ1) is 9.58. The van der Waals surface area contributed by atoms with E-state index in [4.69, 9.17) is 11.6 Å². The van der Waals surface area contributed by atoms with E-state index in [9.17, 15) is 9.18 Å². The maximum Gasteiger partial charge on any atom is 0.258 e. The average molecular weight is 289 g/mol. The average Bonchev–Trinajstić information content (AvgIpc) is 2.74. The highest BCUT2D eigenvalue weighted by Crippen LogP contribution is 2.34. The summed E-state index contributed by atoms with van der Waals surface area (Å²) in [6.07, 6.45) is 3.09.